The molecule has 0 unspecified atom stereocenters. The van der Waals surface area contributed by atoms with Crippen LogP contribution in [-0.2, 0) is 0 Å². The van der Waals surface area contributed by atoms with Gasteiger partial charge in [0.15, 0.2) is 0 Å². The molecular weight excluding hydrogens is 228 g/mol. The number of carbonyl (C=O) groups is 1. The molecule has 0 spiro atoms. The maximum absolute atomic E-state index is 11.8. The maximum atomic E-state index is 11.8. The van der Waals surface area contributed by atoms with Crippen molar-refractivity contribution in [2.45, 2.75) is 46.3 Å². The molecule has 2 N–H and O–H groups in total. The molecule has 0 radical (unpaired) electrons. The van der Waals surface area contributed by atoms with Gasteiger partial charge in [-0.15, -0.1) is 0 Å². The van der Waals surface area contributed by atoms with Gasteiger partial charge in [0.05, 0.1) is 11.8 Å². The fraction of sp³-hybridized carbons (Fsp3) is 0.500. The van der Waals surface area contributed by atoms with E-state index in [0.717, 1.165) is 0 Å². The average Bonchev–Trinajstić information content (AvgIpc) is 2.17. The number of carbonyl (C=O) groups excluding carboxylic acids is 1. The SMILES string of the molecule is CC(C)Oc1ccccc1NC(=O)NC(C)(C)C. The summed E-state index contributed by atoms with van der Waals surface area (Å²) in [5.41, 5.74) is 0.408. The highest BCUT2D eigenvalue weighted by Gasteiger charge is 2.15. The number of benzene rings is 1. The monoisotopic (exact) mass is 250 g/mol. The van der Waals surface area contributed by atoms with Crippen LogP contribution in [0.4, 0.5) is 10.5 Å². The molecule has 1 aromatic carbocycles. The lowest BCUT2D eigenvalue weighted by atomic mass is 10.1. The zero-order valence-corrected chi connectivity index (χ0v) is 11.7. The zero-order chi connectivity index (χ0) is 13.8. The Bertz CT molecular complexity index is 409. The summed E-state index contributed by atoms with van der Waals surface area (Å²) in [6.07, 6.45) is 0.0682. The van der Waals surface area contributed by atoms with Crippen molar-refractivity contribution in [1.29, 1.82) is 0 Å². The van der Waals surface area contributed by atoms with E-state index in [-0.39, 0.29) is 17.7 Å². The summed E-state index contributed by atoms with van der Waals surface area (Å²) in [6.45, 7) is 9.70. The van der Waals surface area contributed by atoms with E-state index in [1.54, 1.807) is 0 Å². The van der Waals surface area contributed by atoms with Crippen molar-refractivity contribution in [2.24, 2.45) is 0 Å². The van der Waals surface area contributed by atoms with Gasteiger partial charge < -0.3 is 15.4 Å². The van der Waals surface area contributed by atoms with E-state index in [1.165, 1.54) is 0 Å². The second kappa shape index (κ2) is 5.76. The summed E-state index contributed by atoms with van der Waals surface area (Å²) in [4.78, 5) is 11.8. The summed E-state index contributed by atoms with van der Waals surface area (Å²) in [5.74, 6) is 0.677. The molecular formula is C14H22N2O2. The first-order valence-electron chi connectivity index (χ1n) is 6.13. The van der Waals surface area contributed by atoms with E-state index >= 15 is 0 Å². The average molecular weight is 250 g/mol. The number of hydrogen-bond donors (Lipinski definition) is 2. The second-order valence-electron chi connectivity index (χ2n) is 5.49. The van der Waals surface area contributed by atoms with Crippen molar-refractivity contribution < 1.29 is 9.53 Å². The summed E-state index contributed by atoms with van der Waals surface area (Å²) < 4.78 is 5.63. The Morgan fingerprint density at radius 3 is 2.39 bits per heavy atom. The Morgan fingerprint density at radius 2 is 1.83 bits per heavy atom. The smallest absolute Gasteiger partial charge is 0.319 e. The molecule has 0 aromatic heterocycles. The Balaban J connectivity index is 2.75. The lowest BCUT2D eigenvalue weighted by Gasteiger charge is -2.21. The maximum Gasteiger partial charge on any atom is 0.319 e. The topological polar surface area (TPSA) is 50.4 Å². The molecule has 0 saturated carbocycles. The van der Waals surface area contributed by atoms with E-state index in [2.05, 4.69) is 10.6 Å². The van der Waals surface area contributed by atoms with Crippen LogP contribution < -0.4 is 15.4 Å². The number of hydrogen-bond acceptors (Lipinski definition) is 2. The third kappa shape index (κ3) is 5.08. The Labute approximate surface area is 109 Å². The molecule has 0 bridgehead atoms. The first kappa shape index (κ1) is 14.4. The Morgan fingerprint density at radius 1 is 1.22 bits per heavy atom. The van der Waals surface area contributed by atoms with Crippen LogP contribution in [0.3, 0.4) is 0 Å². The molecule has 0 aliphatic rings. The van der Waals surface area contributed by atoms with Crippen molar-refractivity contribution in [3.63, 3.8) is 0 Å². The van der Waals surface area contributed by atoms with Crippen LogP contribution >= 0.6 is 0 Å². The lowest BCUT2D eigenvalue weighted by molar-refractivity contribution is 0.239. The third-order valence-corrected chi connectivity index (χ3v) is 1.99. The number of nitrogens with one attached hydrogen (secondary N) is 2. The summed E-state index contributed by atoms with van der Waals surface area (Å²) in [5, 5.41) is 5.64. The number of amides is 2. The highest BCUT2D eigenvalue weighted by molar-refractivity contribution is 5.91. The number of rotatable bonds is 3. The number of anilines is 1. The quantitative estimate of drug-likeness (QED) is 0.864. The Hall–Kier alpha value is -1.71. The van der Waals surface area contributed by atoms with Crippen LogP contribution in [0.15, 0.2) is 24.3 Å². The molecule has 100 valence electrons. The van der Waals surface area contributed by atoms with Gasteiger partial charge in [0.25, 0.3) is 0 Å². The van der Waals surface area contributed by atoms with Crippen molar-refractivity contribution in [1.82, 2.24) is 5.32 Å². The van der Waals surface area contributed by atoms with E-state index < -0.39 is 0 Å². The first-order valence-corrected chi connectivity index (χ1v) is 6.13. The van der Waals surface area contributed by atoms with E-state index in [1.807, 2.05) is 58.9 Å². The zero-order valence-electron chi connectivity index (χ0n) is 11.7. The Kier molecular flexibility index (Phi) is 4.59. The van der Waals surface area contributed by atoms with E-state index in [4.69, 9.17) is 4.74 Å². The largest absolute Gasteiger partial charge is 0.489 e. The van der Waals surface area contributed by atoms with E-state index in [0.29, 0.717) is 11.4 Å². The van der Waals surface area contributed by atoms with Crippen LogP contribution in [0.25, 0.3) is 0 Å². The minimum absolute atomic E-state index is 0.0682. The lowest BCUT2D eigenvalue weighted by Crippen LogP contribution is -2.43. The molecule has 0 aliphatic carbocycles. The summed E-state index contributed by atoms with van der Waals surface area (Å²) >= 11 is 0. The molecule has 0 saturated heterocycles. The number of urea groups is 1. The summed E-state index contributed by atoms with van der Waals surface area (Å²) in [7, 11) is 0. The van der Waals surface area contributed by atoms with Crippen LogP contribution in [-0.4, -0.2) is 17.7 Å². The molecule has 4 heteroatoms. The molecule has 4 nitrogen and oxygen atoms in total. The van der Waals surface area contributed by atoms with Gasteiger partial charge in [-0.25, -0.2) is 4.79 Å². The van der Waals surface area contributed by atoms with Gasteiger partial charge in [0.1, 0.15) is 5.75 Å². The van der Waals surface area contributed by atoms with Crippen molar-refractivity contribution in [3.05, 3.63) is 24.3 Å². The molecule has 1 aromatic rings. The normalized spacial score (nSPS) is 11.2. The van der Waals surface area contributed by atoms with Gasteiger partial charge >= 0.3 is 6.03 Å². The standard InChI is InChI=1S/C14H22N2O2/c1-10(2)18-12-9-7-6-8-11(12)15-13(17)16-14(3,4)5/h6-10H,1-5H3,(H2,15,16,17). The highest BCUT2D eigenvalue weighted by Crippen LogP contribution is 2.24. The van der Waals surface area contributed by atoms with Crippen LogP contribution in [0.2, 0.25) is 0 Å². The van der Waals surface area contributed by atoms with Gasteiger partial charge in [0.2, 0.25) is 0 Å². The molecule has 0 atom stereocenters. The van der Waals surface area contributed by atoms with Crippen molar-refractivity contribution >= 4 is 11.7 Å². The molecule has 0 aliphatic heterocycles. The molecule has 0 fully saturated rings. The first-order chi connectivity index (χ1) is 8.28. The minimum Gasteiger partial charge on any atom is -0.489 e. The van der Waals surface area contributed by atoms with Gasteiger partial charge in [-0.3, -0.25) is 0 Å². The fourth-order valence-corrected chi connectivity index (χ4v) is 1.42. The molecule has 1 rings (SSSR count). The van der Waals surface area contributed by atoms with Crippen LogP contribution in [0.5, 0.6) is 5.75 Å². The predicted molar refractivity (Wildman–Crippen MR) is 74.1 cm³/mol. The van der Waals surface area contributed by atoms with Gasteiger partial charge in [-0.2, -0.15) is 0 Å². The number of ether oxygens (including phenoxy) is 1. The highest BCUT2D eigenvalue weighted by atomic mass is 16.5. The molecule has 18 heavy (non-hydrogen) atoms. The van der Waals surface area contributed by atoms with Gasteiger partial charge in [-0.05, 0) is 46.8 Å². The third-order valence-electron chi connectivity index (χ3n) is 1.99. The van der Waals surface area contributed by atoms with Crippen LogP contribution in [0.1, 0.15) is 34.6 Å². The number of para-hydroxylation sites is 2. The molecule has 2 amide bonds. The van der Waals surface area contributed by atoms with Gasteiger partial charge in [-0.1, -0.05) is 12.1 Å². The minimum atomic E-state index is -0.266. The van der Waals surface area contributed by atoms with Gasteiger partial charge in [0, 0.05) is 5.54 Å². The van der Waals surface area contributed by atoms with Crippen molar-refractivity contribution in [3.8, 4) is 5.75 Å². The van der Waals surface area contributed by atoms with Crippen LogP contribution in [0, 0.1) is 0 Å². The summed E-state index contributed by atoms with van der Waals surface area (Å²) in [6, 6.07) is 7.17. The molecule has 0 heterocycles. The van der Waals surface area contributed by atoms with E-state index in [9.17, 15) is 4.79 Å². The van der Waals surface area contributed by atoms with Crippen molar-refractivity contribution in [2.75, 3.05) is 5.32 Å². The second-order valence-corrected chi connectivity index (χ2v) is 5.49. The predicted octanol–water partition coefficient (Wildman–Crippen LogP) is 3.39. The fourth-order valence-electron chi connectivity index (χ4n) is 1.42.